The third kappa shape index (κ3) is 3.85. The van der Waals surface area contributed by atoms with Crippen molar-refractivity contribution in [2.75, 3.05) is 31.2 Å². The fourth-order valence-electron chi connectivity index (χ4n) is 3.63. The molecule has 5 nitrogen and oxygen atoms in total. The Morgan fingerprint density at radius 1 is 1.00 bits per heavy atom. The Morgan fingerprint density at radius 2 is 1.75 bits per heavy atom. The van der Waals surface area contributed by atoms with Crippen LogP contribution in [-0.4, -0.2) is 42.1 Å². The van der Waals surface area contributed by atoms with Crippen molar-refractivity contribution in [3.05, 3.63) is 71.2 Å². The van der Waals surface area contributed by atoms with E-state index in [4.69, 9.17) is 4.74 Å². The van der Waals surface area contributed by atoms with E-state index in [1.165, 1.54) is 11.3 Å². The minimum Gasteiger partial charge on any atom is -0.378 e. The van der Waals surface area contributed by atoms with Gasteiger partial charge in [-0.3, -0.25) is 4.99 Å². The monoisotopic (exact) mass is 374 g/mol. The predicted octanol–water partition coefficient (Wildman–Crippen LogP) is 4.38. The molecule has 0 aliphatic carbocycles. The van der Waals surface area contributed by atoms with Gasteiger partial charge in [-0.05, 0) is 68.8 Å². The van der Waals surface area contributed by atoms with Crippen molar-refractivity contribution >= 4 is 17.6 Å². The molecule has 2 aromatic heterocycles. The molecule has 4 rings (SSSR count). The molecule has 0 N–H and O–H groups in total. The molecule has 3 heterocycles. The molecule has 0 saturated carbocycles. The Bertz CT molecular complexity index is 982. The second-order valence-corrected chi connectivity index (χ2v) is 7.23. The van der Waals surface area contributed by atoms with Crippen LogP contribution in [0.2, 0.25) is 0 Å². The van der Waals surface area contributed by atoms with Gasteiger partial charge < -0.3 is 14.2 Å². The SMILES string of the molecule is Cc1ccnc(-n2c(C)cc(C=Nc3ccc(N4CCOCC4)cc3)c2C)c1. The molecule has 3 aromatic rings. The molecule has 28 heavy (non-hydrogen) atoms. The summed E-state index contributed by atoms with van der Waals surface area (Å²) < 4.78 is 7.60. The lowest BCUT2D eigenvalue weighted by Crippen LogP contribution is -2.36. The first-order chi connectivity index (χ1) is 13.6. The smallest absolute Gasteiger partial charge is 0.137 e. The largest absolute Gasteiger partial charge is 0.378 e. The third-order valence-corrected chi connectivity index (χ3v) is 5.18. The average Bonchev–Trinajstić information content (AvgIpc) is 3.01. The fraction of sp³-hybridized carbons (Fsp3) is 0.304. The third-order valence-electron chi connectivity index (χ3n) is 5.18. The molecule has 0 spiro atoms. The first kappa shape index (κ1) is 18.4. The number of hydrogen-bond donors (Lipinski definition) is 0. The Labute approximate surface area is 166 Å². The number of aliphatic imine (C=N–C) groups is 1. The minimum absolute atomic E-state index is 0.797. The average molecular weight is 374 g/mol. The summed E-state index contributed by atoms with van der Waals surface area (Å²) in [6.07, 6.45) is 3.80. The van der Waals surface area contributed by atoms with Crippen LogP contribution in [0.15, 0.2) is 53.7 Å². The van der Waals surface area contributed by atoms with E-state index in [0.717, 1.165) is 54.8 Å². The number of anilines is 1. The van der Waals surface area contributed by atoms with Crippen LogP contribution in [0.5, 0.6) is 0 Å². The highest BCUT2D eigenvalue weighted by Gasteiger charge is 2.12. The zero-order valence-electron chi connectivity index (χ0n) is 16.7. The highest BCUT2D eigenvalue weighted by molar-refractivity contribution is 5.84. The van der Waals surface area contributed by atoms with Crippen LogP contribution in [0.1, 0.15) is 22.5 Å². The number of ether oxygens (including phenoxy) is 1. The fourth-order valence-corrected chi connectivity index (χ4v) is 3.63. The van der Waals surface area contributed by atoms with E-state index in [-0.39, 0.29) is 0 Å². The first-order valence-corrected chi connectivity index (χ1v) is 9.70. The number of pyridine rings is 1. The van der Waals surface area contributed by atoms with E-state index >= 15 is 0 Å². The molecule has 5 heteroatoms. The zero-order valence-corrected chi connectivity index (χ0v) is 16.7. The summed E-state index contributed by atoms with van der Waals surface area (Å²) in [4.78, 5) is 11.6. The van der Waals surface area contributed by atoms with Gasteiger partial charge in [0.25, 0.3) is 0 Å². The maximum atomic E-state index is 5.42. The lowest BCUT2D eigenvalue weighted by atomic mass is 10.2. The number of rotatable bonds is 4. The molecule has 0 unspecified atom stereocenters. The number of nitrogens with zero attached hydrogens (tertiary/aromatic N) is 4. The number of aromatic nitrogens is 2. The van der Waals surface area contributed by atoms with Crippen molar-refractivity contribution in [2.45, 2.75) is 20.8 Å². The van der Waals surface area contributed by atoms with Crippen LogP contribution in [0.4, 0.5) is 11.4 Å². The molecule has 1 fully saturated rings. The number of benzene rings is 1. The Hall–Kier alpha value is -2.92. The van der Waals surface area contributed by atoms with Crippen molar-refractivity contribution in [3.63, 3.8) is 0 Å². The first-order valence-electron chi connectivity index (χ1n) is 9.70. The molecule has 1 aromatic carbocycles. The maximum Gasteiger partial charge on any atom is 0.137 e. The minimum atomic E-state index is 0.797. The molecule has 0 radical (unpaired) electrons. The lowest BCUT2D eigenvalue weighted by molar-refractivity contribution is 0.122. The Kier molecular flexibility index (Phi) is 5.26. The summed E-state index contributed by atoms with van der Waals surface area (Å²) in [6, 6.07) is 14.7. The summed E-state index contributed by atoms with van der Waals surface area (Å²) in [5, 5.41) is 0. The van der Waals surface area contributed by atoms with Gasteiger partial charge in [0, 0.05) is 48.1 Å². The van der Waals surface area contributed by atoms with Gasteiger partial charge in [0.1, 0.15) is 5.82 Å². The van der Waals surface area contributed by atoms with E-state index in [1.807, 2.05) is 18.5 Å². The molecular weight excluding hydrogens is 348 g/mol. The van der Waals surface area contributed by atoms with E-state index < -0.39 is 0 Å². The van der Waals surface area contributed by atoms with Gasteiger partial charge in [-0.2, -0.15) is 0 Å². The maximum absolute atomic E-state index is 5.42. The van der Waals surface area contributed by atoms with Crippen LogP contribution < -0.4 is 4.90 Å². The lowest BCUT2D eigenvalue weighted by Gasteiger charge is -2.28. The molecule has 1 aliphatic rings. The second kappa shape index (κ2) is 7.98. The van der Waals surface area contributed by atoms with Crippen LogP contribution >= 0.6 is 0 Å². The summed E-state index contributed by atoms with van der Waals surface area (Å²) in [7, 11) is 0. The van der Waals surface area contributed by atoms with E-state index in [1.54, 1.807) is 0 Å². The van der Waals surface area contributed by atoms with Gasteiger partial charge in [-0.25, -0.2) is 4.98 Å². The molecule has 1 aliphatic heterocycles. The van der Waals surface area contributed by atoms with E-state index in [2.05, 4.69) is 76.6 Å². The van der Waals surface area contributed by atoms with Gasteiger partial charge in [0.05, 0.1) is 18.9 Å². The van der Waals surface area contributed by atoms with Gasteiger partial charge in [-0.15, -0.1) is 0 Å². The van der Waals surface area contributed by atoms with Crippen molar-refractivity contribution in [1.82, 2.24) is 9.55 Å². The quantitative estimate of drug-likeness (QED) is 0.636. The van der Waals surface area contributed by atoms with Crippen molar-refractivity contribution in [1.29, 1.82) is 0 Å². The summed E-state index contributed by atoms with van der Waals surface area (Å²) in [5.74, 6) is 0.949. The Morgan fingerprint density at radius 3 is 2.46 bits per heavy atom. The highest BCUT2D eigenvalue weighted by atomic mass is 16.5. The molecule has 0 atom stereocenters. The molecule has 1 saturated heterocycles. The summed E-state index contributed by atoms with van der Waals surface area (Å²) >= 11 is 0. The highest BCUT2D eigenvalue weighted by Crippen LogP contribution is 2.22. The number of aryl methyl sites for hydroxylation is 2. The van der Waals surface area contributed by atoms with Crippen LogP contribution in [-0.2, 0) is 4.74 Å². The van der Waals surface area contributed by atoms with Crippen LogP contribution in [0.3, 0.4) is 0 Å². The van der Waals surface area contributed by atoms with Crippen molar-refractivity contribution < 1.29 is 4.74 Å². The normalized spacial score (nSPS) is 14.8. The summed E-state index contributed by atoms with van der Waals surface area (Å²) in [5.41, 5.74) is 6.79. The van der Waals surface area contributed by atoms with Crippen molar-refractivity contribution in [3.8, 4) is 5.82 Å². The van der Waals surface area contributed by atoms with Gasteiger partial charge in [-0.1, -0.05) is 0 Å². The van der Waals surface area contributed by atoms with E-state index in [0.29, 0.717) is 0 Å². The topological polar surface area (TPSA) is 42.7 Å². The molecule has 0 bridgehead atoms. The molecule has 0 amide bonds. The second-order valence-electron chi connectivity index (χ2n) is 7.23. The number of morpholine rings is 1. The zero-order chi connectivity index (χ0) is 19.5. The predicted molar refractivity (Wildman–Crippen MR) is 115 cm³/mol. The standard InChI is InChI=1S/C23H26N4O/c1-17-8-9-24-23(14-17)27-18(2)15-20(19(27)3)16-25-21-4-6-22(7-5-21)26-10-12-28-13-11-26/h4-9,14-16H,10-13H2,1-3H3. The van der Waals surface area contributed by atoms with Gasteiger partial charge in [0.15, 0.2) is 0 Å². The van der Waals surface area contributed by atoms with Gasteiger partial charge in [0.2, 0.25) is 0 Å². The summed E-state index contributed by atoms with van der Waals surface area (Å²) in [6.45, 7) is 9.79. The molecule has 144 valence electrons. The van der Waals surface area contributed by atoms with Crippen LogP contribution in [0.25, 0.3) is 5.82 Å². The Balaban J connectivity index is 1.54. The van der Waals surface area contributed by atoms with Crippen LogP contribution in [0, 0.1) is 20.8 Å². The number of hydrogen-bond acceptors (Lipinski definition) is 4. The van der Waals surface area contributed by atoms with Crippen molar-refractivity contribution in [2.24, 2.45) is 4.99 Å². The van der Waals surface area contributed by atoms with E-state index in [9.17, 15) is 0 Å². The van der Waals surface area contributed by atoms with Gasteiger partial charge >= 0.3 is 0 Å². The molecular formula is C23H26N4O.